The van der Waals surface area contributed by atoms with Crippen LogP contribution in [-0.4, -0.2) is 45.5 Å². The summed E-state index contributed by atoms with van der Waals surface area (Å²) in [5.74, 6) is -0.910. The molecule has 4 aliphatic carbocycles. The Bertz CT molecular complexity index is 1630. The van der Waals surface area contributed by atoms with Gasteiger partial charge in [-0.3, -0.25) is 0 Å². The molecule has 0 N–H and O–H groups in total. The van der Waals surface area contributed by atoms with E-state index < -0.39 is 49.6 Å². The fourth-order valence-electron chi connectivity index (χ4n) is 7.16. The summed E-state index contributed by atoms with van der Waals surface area (Å²) in [5, 5.41) is 13.6. The Balaban J connectivity index is 1.33. The predicted octanol–water partition coefficient (Wildman–Crippen LogP) is 3.83. The molecule has 0 heterocycles. The highest BCUT2D eigenvalue weighted by molar-refractivity contribution is 14.1. The Morgan fingerprint density at radius 1 is 1.02 bits per heavy atom. The van der Waals surface area contributed by atoms with E-state index in [1.165, 1.54) is 18.2 Å². The Hall–Kier alpha value is -1.50. The summed E-state index contributed by atoms with van der Waals surface area (Å²) in [5.41, 5.74) is -0.504. The predicted molar refractivity (Wildman–Crippen MR) is 162 cm³/mol. The van der Waals surface area contributed by atoms with Gasteiger partial charge in [0.25, 0.3) is 10.0 Å². The highest BCUT2D eigenvalue weighted by atomic mass is 127. The molecule has 2 aromatic rings. The van der Waals surface area contributed by atoms with Crippen LogP contribution in [-0.2, 0) is 29.7 Å². The Morgan fingerprint density at radius 3 is 2.20 bits per heavy atom. The third kappa shape index (κ3) is 6.26. The van der Waals surface area contributed by atoms with Gasteiger partial charge in [0.05, 0.1) is 9.79 Å². The van der Waals surface area contributed by atoms with E-state index in [1.807, 2.05) is 6.92 Å². The van der Waals surface area contributed by atoms with E-state index in [1.54, 1.807) is 64.2 Å². The highest BCUT2D eigenvalue weighted by Crippen LogP contribution is 2.63. The first-order chi connectivity index (χ1) is 19.0. The number of halogens is 2. The molecule has 4 aliphatic rings. The zero-order chi connectivity index (χ0) is 30.0. The van der Waals surface area contributed by atoms with Gasteiger partial charge in [0.15, 0.2) is 6.61 Å². The molecule has 6 rings (SSSR count). The van der Waals surface area contributed by atoms with Crippen molar-refractivity contribution in [3.63, 3.8) is 0 Å². The van der Waals surface area contributed by atoms with E-state index in [0.29, 0.717) is 31.2 Å². The second-order valence-corrected chi connectivity index (χ2v) is 16.7. The molecule has 4 bridgehead atoms. The fourth-order valence-corrected chi connectivity index (χ4v) is 12.3. The monoisotopic (exact) mass is 827 g/mol. The van der Waals surface area contributed by atoms with Gasteiger partial charge in [-0.05, 0) is 139 Å². The minimum absolute atomic E-state index is 0.00433. The van der Waals surface area contributed by atoms with Gasteiger partial charge in [0.1, 0.15) is 21.5 Å². The second-order valence-electron chi connectivity index (χ2n) is 11.5. The summed E-state index contributed by atoms with van der Waals surface area (Å²) in [6.07, 6.45) is 3.28. The topological polar surface area (TPSA) is 162 Å². The molecule has 4 fully saturated rings. The lowest BCUT2D eigenvalue weighted by Crippen LogP contribution is -2.61. The van der Waals surface area contributed by atoms with Crippen LogP contribution in [0.25, 0.3) is 0 Å². The molecule has 2 aromatic carbocycles. The maximum atomic E-state index is 13.6. The molecule has 14 heteroatoms. The molecule has 0 aromatic heterocycles. The molecular weight excluding hydrogens is 800 g/mol. The van der Waals surface area contributed by atoms with E-state index >= 15 is 0 Å². The normalized spacial score (nSPS) is 27.6. The maximum Gasteiger partial charge on any atom is 0.344 e. The SMILES string of the molecule is Cc1ccc(S(=O)(=O)/N=C(\[O-])C23CC4CC(CC(OC(=O)COc5cc(I)c(S(=O)(=O)[O-])c(I)c5)(C4)C2)C3)c(C)c1. The minimum Gasteiger partial charge on any atom is -0.861 e. The van der Waals surface area contributed by atoms with Crippen LogP contribution in [0.5, 0.6) is 5.75 Å². The summed E-state index contributed by atoms with van der Waals surface area (Å²) in [7, 11) is -8.89. The molecular formula is C27H27I2NO9S2-2. The Kier molecular flexibility index (Phi) is 8.22. The summed E-state index contributed by atoms with van der Waals surface area (Å²) in [6, 6.07) is 7.59. The van der Waals surface area contributed by atoms with Gasteiger partial charge in [-0.2, -0.15) is 12.8 Å². The quantitative estimate of drug-likeness (QED) is 0.127. The van der Waals surface area contributed by atoms with Crippen molar-refractivity contribution in [1.29, 1.82) is 0 Å². The fraction of sp³-hybridized carbons (Fsp3) is 0.481. The van der Waals surface area contributed by atoms with Crippen LogP contribution in [0.4, 0.5) is 0 Å². The lowest BCUT2D eigenvalue weighted by atomic mass is 9.47. The lowest BCUT2D eigenvalue weighted by molar-refractivity contribution is -0.254. The number of carbonyl (C=O) groups excluding carboxylic acids is 1. The smallest absolute Gasteiger partial charge is 0.344 e. The van der Waals surface area contributed by atoms with Crippen molar-refractivity contribution in [1.82, 2.24) is 0 Å². The zero-order valence-corrected chi connectivity index (χ0v) is 28.1. The van der Waals surface area contributed by atoms with Crippen LogP contribution >= 0.6 is 45.2 Å². The van der Waals surface area contributed by atoms with Crippen LogP contribution in [0.3, 0.4) is 0 Å². The number of benzene rings is 2. The first-order valence-corrected chi connectivity index (χ1v) is 17.9. The second kappa shape index (κ2) is 10.9. The molecule has 41 heavy (non-hydrogen) atoms. The number of nitrogens with zero attached hydrogens (tertiary/aromatic N) is 1. The standard InChI is InChI=1S/C27H29I2NO9S2/c1-15-3-4-22(16(2)5-15)40(33,34)30-25(32)26-9-17-6-18(10-26)12-27(11-17,14-26)39-23(31)13-38-19-7-20(28)24(21(29)8-19)41(35,36)37/h3-5,7-8,17-18H,6,9-14H2,1-2H3,(H,30,32)(H,35,36,37)/p-2. The highest BCUT2D eigenvalue weighted by Gasteiger charge is 2.60. The summed E-state index contributed by atoms with van der Waals surface area (Å²) in [6.45, 7) is 3.06. The van der Waals surface area contributed by atoms with E-state index in [-0.39, 0.29) is 40.9 Å². The Labute approximate surface area is 266 Å². The number of rotatable bonds is 8. The van der Waals surface area contributed by atoms with Crippen LogP contribution in [0.2, 0.25) is 0 Å². The maximum absolute atomic E-state index is 13.6. The van der Waals surface area contributed by atoms with Gasteiger partial charge in [-0.1, -0.05) is 17.7 Å². The molecule has 2 atom stereocenters. The molecule has 0 spiro atoms. The van der Waals surface area contributed by atoms with Crippen molar-refractivity contribution in [3.8, 4) is 5.75 Å². The van der Waals surface area contributed by atoms with Crippen LogP contribution in [0.1, 0.15) is 49.7 Å². The minimum atomic E-state index is -4.67. The molecule has 10 nitrogen and oxygen atoms in total. The lowest BCUT2D eigenvalue weighted by Gasteiger charge is -2.62. The van der Waals surface area contributed by atoms with Crippen LogP contribution in [0, 0.1) is 38.2 Å². The summed E-state index contributed by atoms with van der Waals surface area (Å²) >= 11 is 3.45. The number of hydrogen-bond donors (Lipinski definition) is 0. The van der Waals surface area contributed by atoms with Gasteiger partial charge in [-0.15, -0.1) is 0 Å². The van der Waals surface area contributed by atoms with Gasteiger partial charge in [0.2, 0.25) is 0 Å². The van der Waals surface area contributed by atoms with E-state index in [0.717, 1.165) is 12.0 Å². The number of ether oxygens (including phenoxy) is 2. The van der Waals surface area contributed by atoms with Gasteiger partial charge in [0, 0.05) is 12.6 Å². The molecule has 0 aliphatic heterocycles. The Morgan fingerprint density at radius 2 is 1.63 bits per heavy atom. The summed E-state index contributed by atoms with van der Waals surface area (Å²) < 4.78 is 76.5. The van der Waals surface area contributed by atoms with Crippen molar-refractivity contribution < 1.29 is 40.8 Å². The largest absolute Gasteiger partial charge is 0.861 e. The molecule has 0 radical (unpaired) electrons. The molecule has 2 unspecified atom stereocenters. The number of sulfonamides is 1. The third-order valence-corrected chi connectivity index (χ3v) is 13.0. The van der Waals surface area contributed by atoms with Crippen molar-refractivity contribution >= 4 is 77.2 Å². The van der Waals surface area contributed by atoms with Gasteiger partial charge >= 0.3 is 5.97 Å². The van der Waals surface area contributed by atoms with Crippen molar-refractivity contribution in [2.45, 2.75) is 67.8 Å². The zero-order valence-electron chi connectivity index (χ0n) is 22.2. The average Bonchev–Trinajstić information content (AvgIpc) is 2.79. The first-order valence-electron chi connectivity index (χ1n) is 12.9. The average molecular weight is 827 g/mol. The number of aryl methyl sites for hydroxylation is 2. The third-order valence-electron chi connectivity index (χ3n) is 8.18. The van der Waals surface area contributed by atoms with Crippen LogP contribution < -0.4 is 9.84 Å². The molecule has 0 amide bonds. The molecule has 0 saturated heterocycles. The van der Waals surface area contributed by atoms with Crippen LogP contribution in [0.15, 0.2) is 44.5 Å². The van der Waals surface area contributed by atoms with Crippen molar-refractivity contribution in [2.75, 3.05) is 6.61 Å². The van der Waals surface area contributed by atoms with E-state index in [2.05, 4.69) is 4.40 Å². The van der Waals surface area contributed by atoms with Gasteiger partial charge < -0.3 is 19.1 Å². The number of hydrogen-bond acceptors (Lipinski definition) is 9. The number of esters is 1. The van der Waals surface area contributed by atoms with Crippen molar-refractivity contribution in [2.24, 2.45) is 21.6 Å². The summed E-state index contributed by atoms with van der Waals surface area (Å²) in [4.78, 5) is 12.6. The first kappa shape index (κ1) is 30.9. The molecule has 222 valence electrons. The van der Waals surface area contributed by atoms with E-state index in [9.17, 15) is 31.3 Å². The van der Waals surface area contributed by atoms with Gasteiger partial charge in [-0.25, -0.2) is 13.2 Å². The van der Waals surface area contributed by atoms with E-state index in [4.69, 9.17) is 9.47 Å². The molecule has 4 saturated carbocycles. The number of carbonyl (C=O) groups is 1. The van der Waals surface area contributed by atoms with Crippen molar-refractivity contribution in [3.05, 3.63) is 48.6 Å².